The zero-order chi connectivity index (χ0) is 28.8. The number of aromatic nitrogens is 3. The summed E-state index contributed by atoms with van der Waals surface area (Å²) in [6, 6.07) is 46.9. The van der Waals surface area contributed by atoms with E-state index in [1.54, 1.807) is 12.1 Å². The summed E-state index contributed by atoms with van der Waals surface area (Å²) in [6.07, 6.45) is 2.62. The lowest BCUT2D eigenvalue weighted by atomic mass is 10.00. The van der Waals surface area contributed by atoms with Crippen LogP contribution in [0.2, 0.25) is 0 Å². The molecular formula is C39H26FN3. The molecule has 3 heterocycles. The van der Waals surface area contributed by atoms with Crippen molar-refractivity contribution in [3.05, 3.63) is 163 Å². The van der Waals surface area contributed by atoms with Crippen molar-refractivity contribution in [2.45, 2.75) is 6.42 Å². The molecule has 0 saturated heterocycles. The number of hydrogen-bond donors (Lipinski definition) is 0. The van der Waals surface area contributed by atoms with Crippen molar-refractivity contribution >= 4 is 32.7 Å². The Morgan fingerprint density at radius 1 is 0.558 bits per heavy atom. The third-order valence-electron chi connectivity index (χ3n) is 8.12. The van der Waals surface area contributed by atoms with Gasteiger partial charge >= 0.3 is 0 Å². The van der Waals surface area contributed by atoms with Gasteiger partial charge in [0.15, 0.2) is 0 Å². The zero-order valence-corrected chi connectivity index (χ0v) is 23.3. The predicted octanol–water partition coefficient (Wildman–Crippen LogP) is 9.79. The van der Waals surface area contributed by atoms with E-state index in [9.17, 15) is 4.39 Å². The summed E-state index contributed by atoms with van der Waals surface area (Å²) in [5.41, 5.74) is 9.68. The minimum atomic E-state index is -0.244. The van der Waals surface area contributed by atoms with Gasteiger partial charge in [-0.25, -0.2) is 14.4 Å². The van der Waals surface area contributed by atoms with Crippen LogP contribution in [0, 0.1) is 5.82 Å². The Kier molecular flexibility index (Phi) is 6.04. The van der Waals surface area contributed by atoms with E-state index in [-0.39, 0.29) is 5.82 Å². The Morgan fingerprint density at radius 2 is 1.37 bits per heavy atom. The molecule has 0 aliphatic carbocycles. The first-order valence-corrected chi connectivity index (χ1v) is 14.4. The molecule has 5 aromatic carbocycles. The molecule has 3 nitrogen and oxygen atoms in total. The average Bonchev–Trinajstić information content (AvgIpc) is 3.38. The van der Waals surface area contributed by atoms with Gasteiger partial charge < -0.3 is 0 Å². The summed E-state index contributed by atoms with van der Waals surface area (Å²) < 4.78 is 15.8. The van der Waals surface area contributed by atoms with E-state index in [1.165, 1.54) is 34.0 Å². The van der Waals surface area contributed by atoms with Crippen molar-refractivity contribution in [2.75, 3.05) is 0 Å². The largest absolute Gasteiger partial charge is 0.294 e. The molecule has 0 spiro atoms. The van der Waals surface area contributed by atoms with E-state index < -0.39 is 0 Å². The summed E-state index contributed by atoms with van der Waals surface area (Å²) in [5.74, 6) is 0.585. The van der Waals surface area contributed by atoms with Crippen molar-refractivity contribution in [1.82, 2.24) is 14.5 Å². The van der Waals surface area contributed by atoms with Gasteiger partial charge in [-0.15, -0.1) is 0 Å². The van der Waals surface area contributed by atoms with Gasteiger partial charge in [0.2, 0.25) is 0 Å². The number of fused-ring (bicyclic) bond motifs is 4. The molecule has 4 heteroatoms. The van der Waals surface area contributed by atoms with Gasteiger partial charge in [0.05, 0.1) is 22.2 Å². The first kappa shape index (κ1) is 25.1. The molecule has 43 heavy (non-hydrogen) atoms. The van der Waals surface area contributed by atoms with Crippen molar-refractivity contribution in [3.8, 4) is 28.2 Å². The number of hydrogen-bond acceptors (Lipinski definition) is 2. The summed E-state index contributed by atoms with van der Waals surface area (Å²) in [5, 5.41) is 3.51. The fourth-order valence-corrected chi connectivity index (χ4v) is 6.04. The van der Waals surface area contributed by atoms with Crippen LogP contribution in [0.3, 0.4) is 0 Å². The van der Waals surface area contributed by atoms with Crippen LogP contribution < -0.4 is 0 Å². The smallest absolute Gasteiger partial charge is 0.138 e. The fourth-order valence-electron chi connectivity index (χ4n) is 6.04. The highest BCUT2D eigenvalue weighted by molar-refractivity contribution is 6.09. The molecule has 0 radical (unpaired) electrons. The van der Waals surface area contributed by atoms with Crippen molar-refractivity contribution in [1.29, 1.82) is 0 Å². The average molecular weight is 556 g/mol. The maximum Gasteiger partial charge on any atom is 0.138 e. The highest BCUT2D eigenvalue weighted by Gasteiger charge is 2.15. The molecule has 8 rings (SSSR count). The van der Waals surface area contributed by atoms with Crippen LogP contribution in [0.4, 0.5) is 4.39 Å². The number of pyridine rings is 2. The van der Waals surface area contributed by atoms with Crippen LogP contribution in [-0.4, -0.2) is 14.5 Å². The second-order valence-corrected chi connectivity index (χ2v) is 10.9. The topological polar surface area (TPSA) is 30.7 Å². The first-order valence-electron chi connectivity index (χ1n) is 14.4. The van der Waals surface area contributed by atoms with E-state index in [2.05, 4.69) is 102 Å². The Hall–Kier alpha value is -5.61. The van der Waals surface area contributed by atoms with Crippen LogP contribution in [0.5, 0.6) is 0 Å². The number of benzene rings is 5. The third kappa shape index (κ3) is 4.63. The van der Waals surface area contributed by atoms with Gasteiger partial charge in [-0.05, 0) is 83.3 Å². The molecule has 0 aliphatic heterocycles. The molecular weight excluding hydrogens is 529 g/mol. The molecule has 0 fully saturated rings. The molecule has 204 valence electrons. The summed E-state index contributed by atoms with van der Waals surface area (Å²) in [6.45, 7) is 0. The molecule has 0 atom stereocenters. The summed E-state index contributed by atoms with van der Waals surface area (Å²) in [7, 11) is 0. The lowest BCUT2D eigenvalue weighted by Gasteiger charge is -2.10. The predicted molar refractivity (Wildman–Crippen MR) is 174 cm³/mol. The van der Waals surface area contributed by atoms with E-state index in [0.29, 0.717) is 0 Å². The Balaban J connectivity index is 1.20. The van der Waals surface area contributed by atoms with E-state index in [1.807, 2.05) is 24.4 Å². The van der Waals surface area contributed by atoms with E-state index >= 15 is 0 Å². The molecule has 0 bridgehead atoms. The number of para-hydroxylation sites is 2. The highest BCUT2D eigenvalue weighted by atomic mass is 19.1. The van der Waals surface area contributed by atoms with Crippen LogP contribution >= 0.6 is 0 Å². The normalized spacial score (nSPS) is 11.5. The Morgan fingerprint density at radius 3 is 2.30 bits per heavy atom. The molecule has 3 aromatic heterocycles. The maximum absolute atomic E-state index is 13.6. The minimum absolute atomic E-state index is 0.244. The lowest BCUT2D eigenvalue weighted by molar-refractivity contribution is 0.628. The standard InChI is InChI=1S/C39H26FN3/c40-32-16-13-28(14-17-32)30-20-21-41-39(25-30)43-37-11-4-2-9-33(37)34-18-12-27(24-38(34)43)22-26-6-5-8-31(23-26)36-19-15-29-7-1-3-10-35(29)42-36/h1-21,23-25H,22H2. The second-order valence-electron chi connectivity index (χ2n) is 10.9. The Bertz CT molecular complexity index is 2280. The monoisotopic (exact) mass is 555 g/mol. The SMILES string of the molecule is Fc1ccc(-c2ccnc(-n3c4ccccc4c4ccc(Cc5cccc(-c6ccc7ccccc7n6)c5)cc43)c2)cc1. The zero-order valence-electron chi connectivity index (χ0n) is 23.3. The van der Waals surface area contributed by atoms with E-state index in [0.717, 1.165) is 56.6 Å². The second kappa shape index (κ2) is 10.3. The first-order chi connectivity index (χ1) is 21.2. The van der Waals surface area contributed by atoms with Crippen molar-refractivity contribution in [3.63, 3.8) is 0 Å². The van der Waals surface area contributed by atoms with E-state index in [4.69, 9.17) is 9.97 Å². The number of nitrogens with zero attached hydrogens (tertiary/aromatic N) is 3. The summed E-state index contributed by atoms with van der Waals surface area (Å²) >= 11 is 0. The molecule has 8 aromatic rings. The van der Waals surface area contributed by atoms with Crippen molar-refractivity contribution in [2.24, 2.45) is 0 Å². The molecule has 0 amide bonds. The number of rotatable bonds is 5. The van der Waals surface area contributed by atoms with Crippen LogP contribution in [0.15, 0.2) is 146 Å². The Labute approximate surface area is 248 Å². The highest BCUT2D eigenvalue weighted by Crippen LogP contribution is 2.34. The lowest BCUT2D eigenvalue weighted by Crippen LogP contribution is -1.98. The fraction of sp³-hybridized carbons (Fsp3) is 0.0256. The van der Waals surface area contributed by atoms with Crippen LogP contribution in [0.25, 0.3) is 60.9 Å². The maximum atomic E-state index is 13.6. The van der Waals surface area contributed by atoms with Crippen LogP contribution in [-0.2, 0) is 6.42 Å². The molecule has 0 N–H and O–H groups in total. The van der Waals surface area contributed by atoms with Gasteiger partial charge in [0.25, 0.3) is 0 Å². The minimum Gasteiger partial charge on any atom is -0.294 e. The van der Waals surface area contributed by atoms with Gasteiger partial charge in [-0.1, -0.05) is 84.9 Å². The number of halogens is 1. The van der Waals surface area contributed by atoms with Crippen molar-refractivity contribution < 1.29 is 4.39 Å². The molecule has 0 saturated carbocycles. The molecule has 0 aliphatic rings. The van der Waals surface area contributed by atoms with Gasteiger partial charge in [-0.2, -0.15) is 0 Å². The van der Waals surface area contributed by atoms with Gasteiger partial charge in [0.1, 0.15) is 11.6 Å². The summed E-state index contributed by atoms with van der Waals surface area (Å²) in [4.78, 5) is 9.70. The van der Waals surface area contributed by atoms with Gasteiger partial charge in [-0.3, -0.25) is 4.57 Å². The van der Waals surface area contributed by atoms with Gasteiger partial charge in [0, 0.05) is 27.9 Å². The molecule has 0 unspecified atom stereocenters. The quantitative estimate of drug-likeness (QED) is 0.212. The van der Waals surface area contributed by atoms with Crippen LogP contribution in [0.1, 0.15) is 11.1 Å². The third-order valence-corrected chi connectivity index (χ3v) is 8.12.